The molecule has 0 aromatic heterocycles. The van der Waals surface area contributed by atoms with E-state index < -0.39 is 12.1 Å². The van der Waals surface area contributed by atoms with Crippen molar-refractivity contribution in [2.75, 3.05) is 13.2 Å². The molecule has 5 nitrogen and oxygen atoms in total. The first kappa shape index (κ1) is 21.7. The van der Waals surface area contributed by atoms with Gasteiger partial charge in [-0.3, -0.25) is 0 Å². The van der Waals surface area contributed by atoms with E-state index in [1.54, 1.807) is 0 Å². The molecule has 0 bridgehead atoms. The van der Waals surface area contributed by atoms with E-state index in [4.69, 9.17) is 9.47 Å². The first-order valence-corrected chi connectivity index (χ1v) is 9.25. The number of amides is 1. The van der Waals surface area contributed by atoms with E-state index >= 15 is 0 Å². The van der Waals surface area contributed by atoms with Gasteiger partial charge in [-0.25, -0.2) is 9.59 Å². The van der Waals surface area contributed by atoms with Crippen LogP contribution in [-0.4, -0.2) is 31.3 Å². The molecule has 1 unspecified atom stereocenters. The van der Waals surface area contributed by atoms with E-state index in [2.05, 4.69) is 12.2 Å². The number of carbonyl (C=O) groups is 2. The minimum atomic E-state index is -0.603. The number of ether oxygens (including phenoxy) is 2. The fourth-order valence-corrected chi connectivity index (χ4v) is 2.19. The summed E-state index contributed by atoms with van der Waals surface area (Å²) in [5, 5.41) is 2.61. The Morgan fingerprint density at radius 1 is 0.783 bits per heavy atom. The monoisotopic (exact) mass is 329 g/mol. The van der Waals surface area contributed by atoms with Crippen LogP contribution in [0, 0.1) is 0 Å². The lowest BCUT2D eigenvalue weighted by Gasteiger charge is -2.17. The number of rotatable bonds is 14. The van der Waals surface area contributed by atoms with Gasteiger partial charge in [0, 0.05) is 0 Å². The lowest BCUT2D eigenvalue weighted by Crippen LogP contribution is -2.42. The molecular weight excluding hydrogens is 294 g/mol. The molecule has 1 N–H and O–H groups in total. The van der Waals surface area contributed by atoms with Crippen molar-refractivity contribution in [3.05, 3.63) is 0 Å². The minimum Gasteiger partial charge on any atom is -0.464 e. The highest BCUT2D eigenvalue weighted by atomic mass is 16.6. The summed E-state index contributed by atoms with van der Waals surface area (Å²) < 4.78 is 10.3. The third kappa shape index (κ3) is 12.9. The van der Waals surface area contributed by atoms with Gasteiger partial charge in [0.05, 0.1) is 13.2 Å². The zero-order valence-electron chi connectivity index (χ0n) is 15.2. The molecule has 1 amide bonds. The van der Waals surface area contributed by atoms with Gasteiger partial charge in [0.1, 0.15) is 6.04 Å². The maximum Gasteiger partial charge on any atom is 0.407 e. The highest BCUT2D eigenvalue weighted by molar-refractivity contribution is 5.81. The lowest BCUT2D eigenvalue weighted by molar-refractivity contribution is -0.146. The lowest BCUT2D eigenvalue weighted by atomic mass is 10.1. The molecule has 0 aliphatic carbocycles. The standard InChI is InChI=1S/C18H35NO4/c1-4-7-9-10-11-12-15-22-17(20)16(13-6-3)19-18(21)23-14-8-5-2/h16H,4-15H2,1-3H3,(H,19,21). The van der Waals surface area contributed by atoms with Crippen LogP contribution >= 0.6 is 0 Å². The fraction of sp³-hybridized carbons (Fsp3) is 0.889. The van der Waals surface area contributed by atoms with Crippen LogP contribution in [0.2, 0.25) is 0 Å². The van der Waals surface area contributed by atoms with E-state index in [1.165, 1.54) is 25.7 Å². The molecule has 0 rings (SSSR count). The van der Waals surface area contributed by atoms with Gasteiger partial charge in [-0.1, -0.05) is 65.7 Å². The van der Waals surface area contributed by atoms with E-state index in [1.807, 2.05) is 13.8 Å². The molecule has 0 aliphatic heterocycles. The molecule has 0 spiro atoms. The summed E-state index contributed by atoms with van der Waals surface area (Å²) in [4.78, 5) is 23.7. The van der Waals surface area contributed by atoms with Crippen molar-refractivity contribution in [2.45, 2.75) is 91.0 Å². The summed E-state index contributed by atoms with van der Waals surface area (Å²) in [6, 6.07) is -0.603. The quantitative estimate of drug-likeness (QED) is 0.374. The van der Waals surface area contributed by atoms with E-state index in [0.717, 1.165) is 32.1 Å². The molecule has 0 aromatic rings. The number of unbranched alkanes of at least 4 members (excludes halogenated alkanes) is 6. The predicted octanol–water partition coefficient (Wildman–Crippen LogP) is 4.59. The fourth-order valence-electron chi connectivity index (χ4n) is 2.19. The summed E-state index contributed by atoms with van der Waals surface area (Å²) in [6.07, 6.45) is 9.52. The molecule has 5 heteroatoms. The van der Waals surface area contributed by atoms with Gasteiger partial charge in [-0.05, 0) is 19.3 Å². The highest BCUT2D eigenvalue weighted by Crippen LogP contribution is 2.06. The van der Waals surface area contributed by atoms with Gasteiger partial charge in [0.15, 0.2) is 0 Å². The van der Waals surface area contributed by atoms with Crippen molar-refractivity contribution in [1.82, 2.24) is 5.32 Å². The Morgan fingerprint density at radius 3 is 2.04 bits per heavy atom. The van der Waals surface area contributed by atoms with Crippen LogP contribution in [0.15, 0.2) is 0 Å². The van der Waals surface area contributed by atoms with E-state index in [0.29, 0.717) is 19.6 Å². The highest BCUT2D eigenvalue weighted by Gasteiger charge is 2.21. The van der Waals surface area contributed by atoms with Gasteiger partial charge in [0.2, 0.25) is 0 Å². The van der Waals surface area contributed by atoms with Gasteiger partial charge < -0.3 is 14.8 Å². The summed E-state index contributed by atoms with van der Waals surface area (Å²) in [6.45, 7) is 7.00. The summed E-state index contributed by atoms with van der Waals surface area (Å²) >= 11 is 0. The second-order valence-electron chi connectivity index (χ2n) is 5.91. The maximum absolute atomic E-state index is 12.0. The second-order valence-corrected chi connectivity index (χ2v) is 5.91. The molecule has 0 saturated heterocycles. The molecule has 0 fully saturated rings. The minimum absolute atomic E-state index is 0.354. The van der Waals surface area contributed by atoms with Gasteiger partial charge in [0.25, 0.3) is 0 Å². The summed E-state index contributed by atoms with van der Waals surface area (Å²) in [5.41, 5.74) is 0. The number of hydrogen-bond acceptors (Lipinski definition) is 4. The van der Waals surface area contributed by atoms with Crippen LogP contribution in [0.3, 0.4) is 0 Å². The average Bonchev–Trinajstić information content (AvgIpc) is 2.53. The number of nitrogens with one attached hydrogen (secondary N) is 1. The van der Waals surface area contributed by atoms with Gasteiger partial charge >= 0.3 is 12.1 Å². The molecule has 136 valence electrons. The van der Waals surface area contributed by atoms with E-state index in [9.17, 15) is 9.59 Å². The maximum atomic E-state index is 12.0. The molecule has 0 saturated carbocycles. The second kappa shape index (κ2) is 15.6. The molecule has 0 heterocycles. The van der Waals surface area contributed by atoms with Crippen LogP contribution < -0.4 is 5.32 Å². The molecule has 0 aliphatic rings. The number of hydrogen-bond donors (Lipinski definition) is 1. The third-order valence-corrected chi connectivity index (χ3v) is 3.63. The predicted molar refractivity (Wildman–Crippen MR) is 92.4 cm³/mol. The van der Waals surface area contributed by atoms with Crippen LogP contribution in [-0.2, 0) is 14.3 Å². The van der Waals surface area contributed by atoms with Crippen LogP contribution in [0.5, 0.6) is 0 Å². The topological polar surface area (TPSA) is 64.6 Å². The van der Waals surface area contributed by atoms with Crippen molar-refractivity contribution in [3.63, 3.8) is 0 Å². The van der Waals surface area contributed by atoms with Gasteiger partial charge in [-0.15, -0.1) is 0 Å². The van der Waals surface area contributed by atoms with E-state index in [-0.39, 0.29) is 5.97 Å². The SMILES string of the molecule is CCCCCCCCOC(=O)C(CCC)NC(=O)OCCCC. The van der Waals surface area contributed by atoms with Crippen LogP contribution in [0.1, 0.15) is 85.0 Å². The Kier molecular flexibility index (Phi) is 14.8. The Bertz CT molecular complexity index is 307. The normalized spacial score (nSPS) is 11.8. The van der Waals surface area contributed by atoms with Crippen LogP contribution in [0.25, 0.3) is 0 Å². The zero-order chi connectivity index (χ0) is 17.3. The Hall–Kier alpha value is -1.26. The van der Waals surface area contributed by atoms with Crippen molar-refractivity contribution in [1.29, 1.82) is 0 Å². The Morgan fingerprint density at radius 2 is 1.39 bits per heavy atom. The largest absolute Gasteiger partial charge is 0.464 e. The van der Waals surface area contributed by atoms with Crippen molar-refractivity contribution in [3.8, 4) is 0 Å². The Balaban J connectivity index is 3.93. The number of esters is 1. The number of carbonyl (C=O) groups excluding carboxylic acids is 2. The summed E-state index contributed by atoms with van der Waals surface area (Å²) in [5.74, 6) is -0.354. The van der Waals surface area contributed by atoms with Crippen molar-refractivity contribution >= 4 is 12.1 Å². The average molecular weight is 329 g/mol. The summed E-state index contributed by atoms with van der Waals surface area (Å²) in [7, 11) is 0. The molecule has 0 radical (unpaired) electrons. The van der Waals surface area contributed by atoms with Crippen LogP contribution in [0.4, 0.5) is 4.79 Å². The molecule has 1 atom stereocenters. The van der Waals surface area contributed by atoms with Gasteiger partial charge in [-0.2, -0.15) is 0 Å². The molecule has 0 aromatic carbocycles. The first-order valence-electron chi connectivity index (χ1n) is 9.25. The number of alkyl carbamates (subject to hydrolysis) is 1. The smallest absolute Gasteiger partial charge is 0.407 e. The molecule has 23 heavy (non-hydrogen) atoms. The molecular formula is C18H35NO4. The third-order valence-electron chi connectivity index (χ3n) is 3.63. The Labute approximate surface area is 141 Å². The van der Waals surface area contributed by atoms with Crippen molar-refractivity contribution < 1.29 is 19.1 Å². The first-order chi connectivity index (χ1) is 11.2. The van der Waals surface area contributed by atoms with Crippen molar-refractivity contribution in [2.24, 2.45) is 0 Å². The zero-order valence-corrected chi connectivity index (χ0v) is 15.2.